The molecule has 0 aliphatic carbocycles. The fourth-order valence-electron chi connectivity index (χ4n) is 3.14. The van der Waals surface area contributed by atoms with Gasteiger partial charge in [0.15, 0.2) is 0 Å². The van der Waals surface area contributed by atoms with Crippen LogP contribution in [-0.4, -0.2) is 50.5 Å². The molecule has 0 radical (unpaired) electrons. The Morgan fingerprint density at radius 3 is 2.38 bits per heavy atom. The monoisotopic (exact) mass is 327 g/mol. The van der Waals surface area contributed by atoms with Gasteiger partial charge in [0, 0.05) is 5.69 Å². The van der Waals surface area contributed by atoms with E-state index in [0.29, 0.717) is 6.61 Å². The van der Waals surface area contributed by atoms with E-state index in [1.807, 2.05) is 30.3 Å². The number of piperazine rings is 1. The molecule has 2 aromatic rings. The highest BCUT2D eigenvalue weighted by atomic mass is 16.5. The van der Waals surface area contributed by atoms with Crippen LogP contribution < -0.4 is 14.5 Å². The van der Waals surface area contributed by atoms with Crippen LogP contribution in [0.25, 0.3) is 0 Å². The highest BCUT2D eigenvalue weighted by Crippen LogP contribution is 2.14. The number of hydrogen-bond acceptors (Lipinski definition) is 3. The quantitative estimate of drug-likeness (QED) is 0.835. The number of nitrogens with one attached hydrogen (secondary N) is 1. The van der Waals surface area contributed by atoms with Gasteiger partial charge in [-0.3, -0.25) is 0 Å². The van der Waals surface area contributed by atoms with Gasteiger partial charge in [-0.2, -0.15) is 0 Å². The molecule has 0 saturated carbocycles. The first kappa shape index (κ1) is 16.8. The van der Waals surface area contributed by atoms with Crippen LogP contribution in [0.2, 0.25) is 0 Å². The molecular weight excluding hydrogens is 300 g/mol. The zero-order valence-corrected chi connectivity index (χ0v) is 14.3. The zero-order valence-electron chi connectivity index (χ0n) is 14.3. The van der Waals surface area contributed by atoms with E-state index >= 15 is 0 Å². The summed E-state index contributed by atoms with van der Waals surface area (Å²) in [6, 6.07) is 18.4. The summed E-state index contributed by atoms with van der Waals surface area (Å²) in [7, 11) is 0. The third-order valence-electron chi connectivity index (χ3n) is 4.58. The molecule has 2 N–H and O–H groups in total. The number of quaternary nitrogens is 1. The first-order valence-corrected chi connectivity index (χ1v) is 8.72. The van der Waals surface area contributed by atoms with Gasteiger partial charge in [0.1, 0.15) is 25.0 Å². The lowest BCUT2D eigenvalue weighted by Gasteiger charge is -2.34. The highest BCUT2D eigenvalue weighted by molar-refractivity contribution is 5.47. The fourth-order valence-corrected chi connectivity index (χ4v) is 3.14. The van der Waals surface area contributed by atoms with Crippen LogP contribution >= 0.6 is 0 Å². The summed E-state index contributed by atoms with van der Waals surface area (Å²) in [5, 5.41) is 10.2. The molecule has 1 aliphatic heterocycles. The molecule has 2 aromatic carbocycles. The molecule has 1 atom stereocenters. The normalized spacial score (nSPS) is 16.8. The molecule has 128 valence electrons. The van der Waals surface area contributed by atoms with Crippen LogP contribution in [0, 0.1) is 6.92 Å². The molecule has 1 heterocycles. The Kier molecular flexibility index (Phi) is 5.72. The molecule has 0 aromatic heterocycles. The van der Waals surface area contributed by atoms with E-state index in [0.717, 1.165) is 38.5 Å². The molecule has 1 saturated heterocycles. The topological polar surface area (TPSA) is 37.1 Å². The second kappa shape index (κ2) is 8.18. The van der Waals surface area contributed by atoms with Crippen molar-refractivity contribution in [2.75, 3.05) is 44.2 Å². The van der Waals surface area contributed by atoms with Crippen LogP contribution in [0.5, 0.6) is 5.75 Å². The number of hydrogen-bond donors (Lipinski definition) is 2. The first-order valence-electron chi connectivity index (χ1n) is 8.72. The third-order valence-corrected chi connectivity index (χ3v) is 4.58. The van der Waals surface area contributed by atoms with Gasteiger partial charge in [-0.25, -0.2) is 0 Å². The molecular formula is C20H27N2O2+. The number of aliphatic hydroxyl groups is 1. The predicted molar refractivity (Wildman–Crippen MR) is 96.9 cm³/mol. The molecule has 1 aliphatic rings. The maximum absolute atomic E-state index is 10.2. The Hall–Kier alpha value is -2.04. The van der Waals surface area contributed by atoms with Crippen molar-refractivity contribution in [1.29, 1.82) is 0 Å². The third kappa shape index (κ3) is 4.73. The molecule has 1 fully saturated rings. The molecule has 4 nitrogen and oxygen atoms in total. The number of ether oxygens (including phenoxy) is 1. The lowest BCUT2D eigenvalue weighted by Crippen LogP contribution is -3.16. The largest absolute Gasteiger partial charge is 0.491 e. The molecule has 4 heteroatoms. The lowest BCUT2D eigenvalue weighted by molar-refractivity contribution is -0.903. The second-order valence-electron chi connectivity index (χ2n) is 6.55. The minimum Gasteiger partial charge on any atom is -0.491 e. The van der Waals surface area contributed by atoms with Crippen molar-refractivity contribution in [2.45, 2.75) is 13.0 Å². The minimum atomic E-state index is -0.425. The van der Waals surface area contributed by atoms with E-state index in [1.54, 1.807) is 0 Å². The molecule has 24 heavy (non-hydrogen) atoms. The summed E-state index contributed by atoms with van der Waals surface area (Å²) in [5.41, 5.74) is 2.59. The van der Waals surface area contributed by atoms with Crippen molar-refractivity contribution >= 4 is 5.69 Å². The lowest BCUT2D eigenvalue weighted by atomic mass is 10.2. The first-order chi connectivity index (χ1) is 11.7. The highest BCUT2D eigenvalue weighted by Gasteiger charge is 2.22. The van der Waals surface area contributed by atoms with Crippen molar-refractivity contribution in [3.05, 3.63) is 60.2 Å². The summed E-state index contributed by atoms with van der Waals surface area (Å²) in [5.74, 6) is 0.816. The van der Waals surface area contributed by atoms with Gasteiger partial charge in [0.2, 0.25) is 0 Å². The number of rotatable bonds is 6. The van der Waals surface area contributed by atoms with Crippen LogP contribution in [0.3, 0.4) is 0 Å². The average Bonchev–Trinajstić information content (AvgIpc) is 2.62. The Labute approximate surface area is 144 Å². The van der Waals surface area contributed by atoms with E-state index in [-0.39, 0.29) is 0 Å². The van der Waals surface area contributed by atoms with Gasteiger partial charge in [-0.05, 0) is 31.2 Å². The van der Waals surface area contributed by atoms with E-state index in [4.69, 9.17) is 4.74 Å². The van der Waals surface area contributed by atoms with E-state index in [2.05, 4.69) is 36.1 Å². The van der Waals surface area contributed by atoms with Gasteiger partial charge in [-0.15, -0.1) is 0 Å². The number of nitrogens with zero attached hydrogens (tertiary/aromatic N) is 1. The maximum Gasteiger partial charge on any atom is 0.137 e. The van der Waals surface area contributed by atoms with Crippen molar-refractivity contribution in [3.63, 3.8) is 0 Å². The summed E-state index contributed by atoms with van der Waals surface area (Å²) < 4.78 is 5.64. The maximum atomic E-state index is 10.2. The van der Waals surface area contributed by atoms with Gasteiger partial charge in [0.05, 0.1) is 26.2 Å². The predicted octanol–water partition coefficient (Wildman–Crippen LogP) is 1.14. The molecule has 3 rings (SSSR count). The standard InChI is InChI=1S/C20H26N2O2/c1-17-7-9-18(10-8-17)22-13-11-21(12-14-22)15-19(23)16-24-20-5-3-2-4-6-20/h2-10,19,23H,11-16H2,1H3/p+1/t19-/m0/s1. The van der Waals surface area contributed by atoms with Crippen LogP contribution in [0.4, 0.5) is 5.69 Å². The van der Waals surface area contributed by atoms with Gasteiger partial charge in [0.25, 0.3) is 0 Å². The number of benzene rings is 2. The zero-order chi connectivity index (χ0) is 16.8. The van der Waals surface area contributed by atoms with E-state index in [1.165, 1.54) is 16.2 Å². The van der Waals surface area contributed by atoms with E-state index < -0.39 is 6.10 Å². The average molecular weight is 327 g/mol. The van der Waals surface area contributed by atoms with Gasteiger partial charge < -0.3 is 19.6 Å². The number of anilines is 1. The minimum absolute atomic E-state index is 0.356. The smallest absolute Gasteiger partial charge is 0.137 e. The number of aliphatic hydroxyl groups excluding tert-OH is 1. The molecule has 0 spiro atoms. The Morgan fingerprint density at radius 2 is 1.71 bits per heavy atom. The van der Waals surface area contributed by atoms with Crippen LogP contribution in [0.15, 0.2) is 54.6 Å². The van der Waals surface area contributed by atoms with E-state index in [9.17, 15) is 5.11 Å². The van der Waals surface area contributed by atoms with Gasteiger partial charge in [-0.1, -0.05) is 35.9 Å². The molecule has 0 bridgehead atoms. The van der Waals surface area contributed by atoms with Crippen molar-refractivity contribution in [1.82, 2.24) is 0 Å². The van der Waals surface area contributed by atoms with Crippen molar-refractivity contribution in [3.8, 4) is 5.75 Å². The second-order valence-corrected chi connectivity index (χ2v) is 6.55. The summed E-state index contributed by atoms with van der Waals surface area (Å²) in [6.07, 6.45) is -0.425. The molecule has 0 unspecified atom stereocenters. The SMILES string of the molecule is Cc1ccc(N2CC[NH+](C[C@H](O)COc3ccccc3)CC2)cc1. The Bertz CT molecular complexity index is 607. The van der Waals surface area contributed by atoms with Crippen LogP contribution in [-0.2, 0) is 0 Å². The Morgan fingerprint density at radius 1 is 1.04 bits per heavy atom. The Balaban J connectivity index is 1.41. The fraction of sp³-hybridized carbons (Fsp3) is 0.400. The summed E-state index contributed by atoms with van der Waals surface area (Å²) >= 11 is 0. The van der Waals surface area contributed by atoms with Crippen molar-refractivity contribution in [2.24, 2.45) is 0 Å². The van der Waals surface area contributed by atoms with Crippen molar-refractivity contribution < 1.29 is 14.7 Å². The number of aryl methyl sites for hydroxylation is 1. The van der Waals surface area contributed by atoms with Gasteiger partial charge >= 0.3 is 0 Å². The summed E-state index contributed by atoms with van der Waals surface area (Å²) in [6.45, 7) is 7.39. The number of para-hydroxylation sites is 1. The summed E-state index contributed by atoms with van der Waals surface area (Å²) in [4.78, 5) is 3.87. The molecule has 0 amide bonds. The van der Waals surface area contributed by atoms with Crippen LogP contribution in [0.1, 0.15) is 5.56 Å².